The summed E-state index contributed by atoms with van der Waals surface area (Å²) in [5, 5.41) is 2.35. The van der Waals surface area contributed by atoms with Crippen LogP contribution in [0, 0.1) is 5.92 Å². The summed E-state index contributed by atoms with van der Waals surface area (Å²) in [5.74, 6) is 0.280. The standard InChI is InChI=1S/C36H50O3Si/c1-28(2)32(25-26-37)27-35(30(4)19-15-17-29(3)18-16-20-31(5)38)39-40(36(6,7)8,33-21-11-9-12-22-33)34-23-13-10-14-24-34/h9-14,18-19,21-24,26,32,35H,1,15-17,20,25,27H2,2-8H3/b29-18+,30-19+/t32-,35+/m1/s1. The Morgan fingerprint density at radius 1 is 0.875 bits per heavy atom. The minimum Gasteiger partial charge on any atom is -0.401 e. The monoisotopic (exact) mass is 558 g/mol. The Kier molecular flexibility index (Phi) is 13.2. The van der Waals surface area contributed by atoms with E-state index in [1.807, 2.05) is 6.92 Å². The smallest absolute Gasteiger partial charge is 0.261 e. The fraction of sp³-hybridized carbons (Fsp3) is 0.444. The van der Waals surface area contributed by atoms with Crippen molar-refractivity contribution in [2.24, 2.45) is 5.92 Å². The molecule has 0 amide bonds. The fourth-order valence-corrected chi connectivity index (χ4v) is 10.1. The van der Waals surface area contributed by atoms with Gasteiger partial charge in [0.2, 0.25) is 0 Å². The van der Waals surface area contributed by atoms with Gasteiger partial charge in [0.25, 0.3) is 8.32 Å². The van der Waals surface area contributed by atoms with Crippen LogP contribution < -0.4 is 10.4 Å². The molecule has 40 heavy (non-hydrogen) atoms. The predicted octanol–water partition coefficient (Wildman–Crippen LogP) is 8.15. The summed E-state index contributed by atoms with van der Waals surface area (Å²) in [6.45, 7) is 19.1. The van der Waals surface area contributed by atoms with E-state index < -0.39 is 8.32 Å². The number of carbonyl (C=O) groups excluding carboxylic acids is 2. The van der Waals surface area contributed by atoms with E-state index in [2.05, 4.69) is 114 Å². The van der Waals surface area contributed by atoms with Crippen molar-refractivity contribution in [1.82, 2.24) is 0 Å². The van der Waals surface area contributed by atoms with Crippen LogP contribution >= 0.6 is 0 Å². The number of ketones is 1. The van der Waals surface area contributed by atoms with Crippen molar-refractivity contribution in [3.63, 3.8) is 0 Å². The van der Waals surface area contributed by atoms with E-state index in [0.717, 1.165) is 31.1 Å². The van der Waals surface area contributed by atoms with Crippen molar-refractivity contribution in [2.75, 3.05) is 0 Å². The van der Waals surface area contributed by atoms with Crippen LogP contribution in [-0.4, -0.2) is 26.5 Å². The molecule has 0 bridgehead atoms. The van der Waals surface area contributed by atoms with Crippen LogP contribution in [0.15, 0.2) is 96.1 Å². The lowest BCUT2D eigenvalue weighted by molar-refractivity contribution is -0.117. The van der Waals surface area contributed by atoms with Gasteiger partial charge in [0.05, 0.1) is 6.10 Å². The average Bonchev–Trinajstić information content (AvgIpc) is 2.90. The first kappa shape index (κ1) is 33.4. The maximum Gasteiger partial charge on any atom is 0.261 e. The first-order valence-corrected chi connectivity index (χ1v) is 16.5. The predicted molar refractivity (Wildman–Crippen MR) is 173 cm³/mol. The normalized spacial score (nSPS) is 14.5. The van der Waals surface area contributed by atoms with Crippen LogP contribution in [0.1, 0.15) is 87.0 Å². The lowest BCUT2D eigenvalue weighted by atomic mass is 9.90. The van der Waals surface area contributed by atoms with E-state index in [9.17, 15) is 9.59 Å². The third-order valence-corrected chi connectivity index (χ3v) is 12.9. The Hall–Kier alpha value is -2.82. The molecule has 0 saturated heterocycles. The molecule has 0 aliphatic heterocycles. The lowest BCUT2D eigenvalue weighted by Crippen LogP contribution is -2.67. The first-order chi connectivity index (χ1) is 18.9. The quantitative estimate of drug-likeness (QED) is 0.119. The van der Waals surface area contributed by atoms with Crippen LogP contribution in [0.5, 0.6) is 0 Å². The summed E-state index contributed by atoms with van der Waals surface area (Å²) in [5.41, 5.74) is 3.51. The molecule has 2 aromatic carbocycles. The van der Waals surface area contributed by atoms with Crippen molar-refractivity contribution >= 4 is 30.8 Å². The molecule has 2 aromatic rings. The highest BCUT2D eigenvalue weighted by molar-refractivity contribution is 6.99. The van der Waals surface area contributed by atoms with Crippen molar-refractivity contribution in [2.45, 2.75) is 98.1 Å². The van der Waals surface area contributed by atoms with Gasteiger partial charge in [-0.1, -0.05) is 111 Å². The Morgan fingerprint density at radius 3 is 1.85 bits per heavy atom. The molecule has 216 valence electrons. The highest BCUT2D eigenvalue weighted by Crippen LogP contribution is 2.39. The summed E-state index contributed by atoms with van der Waals surface area (Å²) < 4.78 is 7.57. The van der Waals surface area contributed by atoms with Gasteiger partial charge < -0.3 is 14.0 Å². The Bertz CT molecular complexity index is 1120. The minimum atomic E-state index is -2.79. The topological polar surface area (TPSA) is 43.4 Å². The Morgan fingerprint density at radius 2 is 1.40 bits per heavy atom. The first-order valence-electron chi connectivity index (χ1n) is 14.6. The number of allylic oxidation sites excluding steroid dienone is 4. The van der Waals surface area contributed by atoms with E-state index in [1.165, 1.54) is 21.5 Å². The maximum absolute atomic E-state index is 11.6. The van der Waals surface area contributed by atoms with E-state index in [1.54, 1.807) is 6.92 Å². The molecule has 0 radical (unpaired) electrons. The van der Waals surface area contributed by atoms with Crippen molar-refractivity contribution in [3.05, 3.63) is 96.1 Å². The van der Waals surface area contributed by atoms with Gasteiger partial charge in [-0.3, -0.25) is 0 Å². The van der Waals surface area contributed by atoms with E-state index in [0.29, 0.717) is 19.3 Å². The maximum atomic E-state index is 11.6. The molecule has 2 atom stereocenters. The average molecular weight is 559 g/mol. The van der Waals surface area contributed by atoms with Gasteiger partial charge in [0, 0.05) is 12.8 Å². The van der Waals surface area contributed by atoms with Gasteiger partial charge in [0.15, 0.2) is 0 Å². The van der Waals surface area contributed by atoms with Crippen molar-refractivity contribution in [3.8, 4) is 0 Å². The van der Waals surface area contributed by atoms with Crippen LogP contribution in [0.2, 0.25) is 5.04 Å². The third-order valence-electron chi connectivity index (χ3n) is 7.81. The molecule has 0 fully saturated rings. The van der Waals surface area contributed by atoms with Crippen LogP contribution in [0.25, 0.3) is 0 Å². The van der Waals surface area contributed by atoms with E-state index >= 15 is 0 Å². The third kappa shape index (κ3) is 9.38. The molecule has 2 rings (SSSR count). The van der Waals surface area contributed by atoms with Gasteiger partial charge in [-0.2, -0.15) is 0 Å². The molecular formula is C36H50O3Si. The minimum absolute atomic E-state index is 0.0530. The van der Waals surface area contributed by atoms with Crippen LogP contribution in [-0.2, 0) is 14.0 Å². The number of aldehydes is 1. The van der Waals surface area contributed by atoms with Crippen LogP contribution in [0.4, 0.5) is 0 Å². The summed E-state index contributed by atoms with van der Waals surface area (Å²) in [4.78, 5) is 22.9. The van der Waals surface area contributed by atoms with Gasteiger partial charge >= 0.3 is 0 Å². The van der Waals surface area contributed by atoms with Gasteiger partial charge in [-0.15, -0.1) is 0 Å². The Labute approximate surface area is 244 Å². The molecule has 0 spiro atoms. The second-order valence-corrected chi connectivity index (χ2v) is 16.5. The van der Waals surface area contributed by atoms with Crippen molar-refractivity contribution in [1.29, 1.82) is 0 Å². The number of Topliss-reactive ketones (excluding diaryl/α,β-unsaturated/α-hetero) is 1. The van der Waals surface area contributed by atoms with E-state index in [4.69, 9.17) is 4.43 Å². The number of hydrogen-bond acceptors (Lipinski definition) is 3. The second-order valence-electron chi connectivity index (χ2n) is 12.2. The number of rotatable bonds is 16. The molecule has 4 heteroatoms. The molecule has 0 unspecified atom stereocenters. The van der Waals surface area contributed by atoms with E-state index in [-0.39, 0.29) is 22.8 Å². The largest absolute Gasteiger partial charge is 0.401 e. The Balaban J connectivity index is 2.56. The molecule has 0 aliphatic rings. The summed E-state index contributed by atoms with van der Waals surface area (Å²) in [6.07, 6.45) is 9.75. The zero-order valence-electron chi connectivity index (χ0n) is 25.8. The zero-order valence-corrected chi connectivity index (χ0v) is 26.8. The summed E-state index contributed by atoms with van der Waals surface area (Å²) >= 11 is 0. The fourth-order valence-electron chi connectivity index (χ4n) is 5.39. The van der Waals surface area contributed by atoms with Gasteiger partial charge in [0.1, 0.15) is 12.1 Å². The van der Waals surface area contributed by atoms with Crippen molar-refractivity contribution < 1.29 is 14.0 Å². The highest BCUT2D eigenvalue weighted by atomic mass is 28.4. The summed E-state index contributed by atoms with van der Waals surface area (Å²) in [6, 6.07) is 21.4. The molecule has 0 heterocycles. The SMILES string of the molecule is C=C(C)[C@H](CC=O)C[C@H](O[Si](c1ccccc1)(c1ccccc1)C(C)(C)C)/C(C)=C/CC/C(C)=C/CCC(C)=O. The van der Waals surface area contributed by atoms with Crippen LogP contribution in [0.3, 0.4) is 0 Å². The molecule has 0 aromatic heterocycles. The molecular weight excluding hydrogens is 508 g/mol. The second kappa shape index (κ2) is 15.8. The summed E-state index contributed by atoms with van der Waals surface area (Å²) in [7, 11) is -2.79. The molecule has 0 saturated carbocycles. The van der Waals surface area contributed by atoms with Gasteiger partial charge in [-0.05, 0) is 80.3 Å². The molecule has 0 N–H and O–H groups in total. The number of benzene rings is 2. The van der Waals surface area contributed by atoms with Gasteiger partial charge in [-0.25, -0.2) is 0 Å². The molecule has 3 nitrogen and oxygen atoms in total. The number of carbonyl (C=O) groups is 2. The highest BCUT2D eigenvalue weighted by Gasteiger charge is 2.51. The number of hydrogen-bond donors (Lipinski definition) is 0. The molecule has 0 aliphatic carbocycles. The zero-order chi connectivity index (χ0) is 29.8. The lowest BCUT2D eigenvalue weighted by Gasteiger charge is -2.46.